The number of benzene rings is 1. The Bertz CT molecular complexity index is 448. The van der Waals surface area contributed by atoms with E-state index in [-0.39, 0.29) is 17.4 Å². The molecule has 1 aromatic carbocycles. The summed E-state index contributed by atoms with van der Waals surface area (Å²) in [7, 11) is 3.42. The predicted octanol–water partition coefficient (Wildman–Crippen LogP) is 1.58. The van der Waals surface area contributed by atoms with Crippen LogP contribution < -0.4 is 11.1 Å². The van der Waals surface area contributed by atoms with E-state index in [1.807, 2.05) is 18.2 Å². The van der Waals surface area contributed by atoms with Gasteiger partial charge in [0.05, 0.1) is 6.54 Å². The Morgan fingerprint density at radius 2 is 2.18 bits per heavy atom. The monoisotopic (exact) mass is 315 g/mol. The number of amides is 1. The molecule has 0 heterocycles. The molecule has 0 saturated heterocycles. The van der Waals surface area contributed by atoms with Crippen molar-refractivity contribution in [2.24, 2.45) is 5.73 Å². The van der Waals surface area contributed by atoms with Crippen LogP contribution in [-0.4, -0.2) is 36.4 Å². The number of thiocarbonyl (C=S) groups is 1. The smallest absolute Gasteiger partial charge is 0.241 e. The fourth-order valence-corrected chi connectivity index (χ4v) is 2.18. The van der Waals surface area contributed by atoms with Gasteiger partial charge in [-0.3, -0.25) is 4.79 Å². The van der Waals surface area contributed by atoms with Gasteiger partial charge in [-0.2, -0.15) is 0 Å². The van der Waals surface area contributed by atoms with Crippen LogP contribution in [0.5, 0.6) is 0 Å². The number of halogens is 1. The zero-order valence-electron chi connectivity index (χ0n) is 9.66. The summed E-state index contributed by atoms with van der Waals surface area (Å²) >= 11 is 8.36. The molecule has 17 heavy (non-hydrogen) atoms. The summed E-state index contributed by atoms with van der Waals surface area (Å²) in [4.78, 5) is 13.3. The molecular formula is C11H14BrN3OS. The molecule has 0 aromatic heterocycles. The molecule has 1 rings (SSSR count). The third-order valence-corrected chi connectivity index (χ3v) is 3.05. The first-order valence-corrected chi connectivity index (χ1v) is 6.16. The first-order valence-electron chi connectivity index (χ1n) is 4.96. The number of hydrogen-bond acceptors (Lipinski definition) is 3. The van der Waals surface area contributed by atoms with Gasteiger partial charge in [-0.15, -0.1) is 0 Å². The molecule has 0 atom stereocenters. The molecule has 0 saturated carbocycles. The van der Waals surface area contributed by atoms with Gasteiger partial charge in [-0.1, -0.05) is 18.3 Å². The van der Waals surface area contributed by atoms with Crippen molar-refractivity contribution in [3.8, 4) is 0 Å². The minimum atomic E-state index is -0.0149. The van der Waals surface area contributed by atoms with Crippen LogP contribution in [0.3, 0.4) is 0 Å². The van der Waals surface area contributed by atoms with Gasteiger partial charge < -0.3 is 16.0 Å². The fourth-order valence-electron chi connectivity index (χ4n) is 1.25. The molecule has 0 aliphatic carbocycles. The highest BCUT2D eigenvalue weighted by molar-refractivity contribution is 9.10. The predicted molar refractivity (Wildman–Crippen MR) is 77.2 cm³/mol. The second-order valence-corrected chi connectivity index (χ2v) is 4.96. The second kappa shape index (κ2) is 5.97. The standard InChI is InChI=1S/C11H14BrN3OS/c1-15(2)9(16)6-14-8-5-3-4-7(12)10(8)11(13)17/h3-5,14H,6H2,1-2H3,(H2,13,17). The van der Waals surface area contributed by atoms with Crippen molar-refractivity contribution in [3.05, 3.63) is 28.2 Å². The molecular weight excluding hydrogens is 302 g/mol. The number of carbonyl (C=O) groups is 1. The number of carbonyl (C=O) groups excluding carboxylic acids is 1. The van der Waals surface area contributed by atoms with Crippen molar-refractivity contribution >= 4 is 44.7 Å². The molecule has 4 nitrogen and oxygen atoms in total. The number of nitrogens with zero attached hydrogens (tertiary/aromatic N) is 1. The van der Waals surface area contributed by atoms with E-state index < -0.39 is 0 Å². The fraction of sp³-hybridized carbons (Fsp3) is 0.273. The largest absolute Gasteiger partial charge is 0.389 e. The van der Waals surface area contributed by atoms with Crippen molar-refractivity contribution < 1.29 is 4.79 Å². The highest BCUT2D eigenvalue weighted by atomic mass is 79.9. The lowest BCUT2D eigenvalue weighted by atomic mass is 10.2. The number of nitrogens with two attached hydrogens (primary N) is 1. The zero-order chi connectivity index (χ0) is 13.0. The van der Waals surface area contributed by atoms with Crippen molar-refractivity contribution in [2.45, 2.75) is 0 Å². The van der Waals surface area contributed by atoms with Crippen LogP contribution in [0.4, 0.5) is 5.69 Å². The lowest BCUT2D eigenvalue weighted by Crippen LogP contribution is -2.29. The van der Waals surface area contributed by atoms with E-state index in [1.54, 1.807) is 14.1 Å². The number of rotatable bonds is 4. The van der Waals surface area contributed by atoms with Gasteiger partial charge in [0.25, 0.3) is 0 Å². The minimum absolute atomic E-state index is 0.0149. The van der Waals surface area contributed by atoms with Crippen LogP contribution >= 0.6 is 28.1 Å². The molecule has 0 fully saturated rings. The van der Waals surface area contributed by atoms with Crippen LogP contribution in [0.25, 0.3) is 0 Å². The average molecular weight is 316 g/mol. The van der Waals surface area contributed by atoms with Crippen LogP contribution in [-0.2, 0) is 4.79 Å². The Balaban J connectivity index is 2.88. The maximum absolute atomic E-state index is 11.5. The summed E-state index contributed by atoms with van der Waals surface area (Å²) in [5, 5.41) is 3.03. The summed E-state index contributed by atoms with van der Waals surface area (Å²) in [6, 6.07) is 5.55. The lowest BCUT2D eigenvalue weighted by molar-refractivity contribution is -0.126. The minimum Gasteiger partial charge on any atom is -0.389 e. The molecule has 0 radical (unpaired) electrons. The van der Waals surface area contributed by atoms with Gasteiger partial charge in [0.1, 0.15) is 4.99 Å². The molecule has 3 N–H and O–H groups in total. The zero-order valence-corrected chi connectivity index (χ0v) is 12.1. The highest BCUT2D eigenvalue weighted by Crippen LogP contribution is 2.24. The Morgan fingerprint density at radius 3 is 2.71 bits per heavy atom. The Hall–Kier alpha value is -1.14. The van der Waals surface area contributed by atoms with E-state index in [0.717, 1.165) is 10.2 Å². The molecule has 0 bridgehead atoms. The molecule has 92 valence electrons. The van der Waals surface area contributed by atoms with Gasteiger partial charge in [0.2, 0.25) is 5.91 Å². The van der Waals surface area contributed by atoms with Crippen LogP contribution in [0.1, 0.15) is 5.56 Å². The maximum atomic E-state index is 11.5. The number of anilines is 1. The second-order valence-electron chi connectivity index (χ2n) is 3.67. The van der Waals surface area contributed by atoms with Gasteiger partial charge in [0, 0.05) is 29.8 Å². The van der Waals surface area contributed by atoms with Crippen LogP contribution in [0.2, 0.25) is 0 Å². The first-order chi connectivity index (χ1) is 7.93. The first kappa shape index (κ1) is 13.9. The molecule has 0 spiro atoms. The van der Waals surface area contributed by atoms with Crippen molar-refractivity contribution in [1.29, 1.82) is 0 Å². The van der Waals surface area contributed by atoms with Crippen LogP contribution in [0.15, 0.2) is 22.7 Å². The molecule has 0 unspecified atom stereocenters. The summed E-state index contributed by atoms with van der Waals surface area (Å²) in [6.07, 6.45) is 0. The van der Waals surface area contributed by atoms with Gasteiger partial charge in [0.15, 0.2) is 0 Å². The van der Waals surface area contributed by atoms with E-state index in [2.05, 4.69) is 21.2 Å². The van der Waals surface area contributed by atoms with Crippen LogP contribution in [0, 0.1) is 0 Å². The molecule has 0 aliphatic heterocycles. The molecule has 1 amide bonds. The molecule has 0 aliphatic rings. The normalized spacial score (nSPS) is 9.82. The molecule has 1 aromatic rings. The van der Waals surface area contributed by atoms with E-state index in [4.69, 9.17) is 18.0 Å². The van der Waals surface area contributed by atoms with Crippen molar-refractivity contribution in [2.75, 3.05) is 26.0 Å². The van der Waals surface area contributed by atoms with E-state index in [9.17, 15) is 4.79 Å². The summed E-state index contributed by atoms with van der Waals surface area (Å²) in [5.74, 6) is -0.0149. The van der Waals surface area contributed by atoms with E-state index in [0.29, 0.717) is 5.56 Å². The topological polar surface area (TPSA) is 58.4 Å². The van der Waals surface area contributed by atoms with Crippen molar-refractivity contribution in [3.63, 3.8) is 0 Å². The average Bonchev–Trinajstić information content (AvgIpc) is 2.24. The Labute approximate surface area is 114 Å². The Morgan fingerprint density at radius 1 is 1.53 bits per heavy atom. The summed E-state index contributed by atoms with van der Waals surface area (Å²) in [6.45, 7) is 0.207. The number of hydrogen-bond donors (Lipinski definition) is 2. The Kier molecular flexibility index (Phi) is 4.89. The summed E-state index contributed by atoms with van der Waals surface area (Å²) < 4.78 is 0.812. The quantitative estimate of drug-likeness (QED) is 0.828. The van der Waals surface area contributed by atoms with E-state index >= 15 is 0 Å². The SMILES string of the molecule is CN(C)C(=O)CNc1cccc(Br)c1C(N)=S. The summed E-state index contributed by atoms with van der Waals surface area (Å²) in [5.41, 5.74) is 7.12. The third kappa shape index (κ3) is 3.67. The number of nitrogens with one attached hydrogen (secondary N) is 1. The van der Waals surface area contributed by atoms with Crippen molar-refractivity contribution in [1.82, 2.24) is 4.90 Å². The van der Waals surface area contributed by atoms with Gasteiger partial charge in [-0.05, 0) is 28.1 Å². The third-order valence-electron chi connectivity index (χ3n) is 2.19. The maximum Gasteiger partial charge on any atom is 0.241 e. The highest BCUT2D eigenvalue weighted by Gasteiger charge is 2.10. The molecule has 6 heteroatoms. The van der Waals surface area contributed by atoms with Gasteiger partial charge in [-0.25, -0.2) is 0 Å². The van der Waals surface area contributed by atoms with E-state index in [1.165, 1.54) is 4.90 Å². The number of likely N-dealkylation sites (N-methyl/N-ethyl adjacent to an activating group) is 1. The lowest BCUT2D eigenvalue weighted by Gasteiger charge is -2.14. The van der Waals surface area contributed by atoms with Gasteiger partial charge >= 0.3 is 0 Å².